The Morgan fingerprint density at radius 1 is 1.59 bits per heavy atom. The smallest absolute Gasteiger partial charge is 0.311 e. The van der Waals surface area contributed by atoms with Gasteiger partial charge in [-0.2, -0.15) is 0 Å². The molecule has 1 aromatic rings. The number of carbonyl (C=O) groups is 1. The van der Waals surface area contributed by atoms with E-state index >= 15 is 0 Å². The number of anilines is 1. The summed E-state index contributed by atoms with van der Waals surface area (Å²) in [4.78, 5) is 11.1. The van der Waals surface area contributed by atoms with Crippen molar-refractivity contribution >= 4 is 11.7 Å². The first-order valence-corrected chi connectivity index (χ1v) is 5.24. The summed E-state index contributed by atoms with van der Waals surface area (Å²) >= 11 is 0. The van der Waals surface area contributed by atoms with Crippen molar-refractivity contribution in [1.29, 1.82) is 0 Å². The van der Waals surface area contributed by atoms with Gasteiger partial charge in [0.05, 0.1) is 11.6 Å². The molecular formula is C13H14FNO2. The number of rotatable bonds is 4. The molecule has 3 N–H and O–H groups in total. The molecule has 0 aromatic heterocycles. The van der Waals surface area contributed by atoms with E-state index in [2.05, 4.69) is 11.8 Å². The summed E-state index contributed by atoms with van der Waals surface area (Å²) in [6, 6.07) is 4.21. The third kappa shape index (κ3) is 3.22. The fourth-order valence-corrected chi connectivity index (χ4v) is 1.61. The number of para-hydroxylation sites is 1. The molecular weight excluding hydrogens is 221 g/mol. The summed E-state index contributed by atoms with van der Waals surface area (Å²) in [5.74, 6) is 3.07. The van der Waals surface area contributed by atoms with Crippen molar-refractivity contribution in [3.05, 3.63) is 29.6 Å². The number of nitrogen functional groups attached to an aromatic ring is 1. The first-order valence-electron chi connectivity index (χ1n) is 5.24. The first kappa shape index (κ1) is 13.0. The maximum atomic E-state index is 13.2. The Balaban J connectivity index is 3.00. The molecule has 1 unspecified atom stereocenters. The van der Waals surface area contributed by atoms with E-state index in [1.807, 2.05) is 0 Å². The van der Waals surface area contributed by atoms with Crippen LogP contribution in [0.15, 0.2) is 18.2 Å². The molecule has 0 radical (unpaired) electrons. The van der Waals surface area contributed by atoms with Gasteiger partial charge in [-0.15, -0.1) is 11.8 Å². The minimum absolute atomic E-state index is 0.0932. The topological polar surface area (TPSA) is 63.3 Å². The van der Waals surface area contributed by atoms with Crippen LogP contribution in [0, 0.1) is 17.7 Å². The number of hydrogen-bond acceptors (Lipinski definition) is 2. The van der Waals surface area contributed by atoms with Crippen LogP contribution in [0.25, 0.3) is 0 Å². The molecule has 1 aromatic carbocycles. The van der Waals surface area contributed by atoms with Crippen molar-refractivity contribution in [1.82, 2.24) is 0 Å². The molecule has 0 fully saturated rings. The van der Waals surface area contributed by atoms with E-state index in [1.165, 1.54) is 18.2 Å². The van der Waals surface area contributed by atoms with E-state index in [9.17, 15) is 9.18 Å². The van der Waals surface area contributed by atoms with Crippen LogP contribution in [0.1, 0.15) is 31.2 Å². The zero-order chi connectivity index (χ0) is 12.8. The number of carboxylic acids is 1. The Morgan fingerprint density at radius 3 is 2.88 bits per heavy atom. The Labute approximate surface area is 99.4 Å². The molecule has 17 heavy (non-hydrogen) atoms. The summed E-state index contributed by atoms with van der Waals surface area (Å²) in [6.45, 7) is 1.69. The minimum Gasteiger partial charge on any atom is -0.481 e. The number of benzene rings is 1. The molecule has 0 heterocycles. The van der Waals surface area contributed by atoms with Gasteiger partial charge in [-0.25, -0.2) is 4.39 Å². The Hall–Kier alpha value is -2.02. The number of nitrogens with two attached hydrogens (primary N) is 1. The van der Waals surface area contributed by atoms with Crippen LogP contribution in [0.2, 0.25) is 0 Å². The lowest BCUT2D eigenvalue weighted by atomic mass is 9.93. The van der Waals surface area contributed by atoms with Crippen LogP contribution >= 0.6 is 0 Å². The third-order valence-corrected chi connectivity index (χ3v) is 2.49. The second kappa shape index (κ2) is 5.90. The number of aliphatic carboxylic acids is 1. The molecule has 0 saturated heterocycles. The van der Waals surface area contributed by atoms with Crippen LogP contribution < -0.4 is 5.73 Å². The predicted octanol–water partition coefficient (Wildman–Crippen LogP) is 2.38. The fourth-order valence-electron chi connectivity index (χ4n) is 1.61. The van der Waals surface area contributed by atoms with Gasteiger partial charge in [0.1, 0.15) is 5.82 Å². The molecule has 1 rings (SSSR count). The van der Waals surface area contributed by atoms with E-state index in [0.717, 1.165) is 0 Å². The Morgan fingerprint density at radius 2 is 2.29 bits per heavy atom. The molecule has 0 aliphatic carbocycles. The van der Waals surface area contributed by atoms with Crippen LogP contribution in [-0.2, 0) is 4.79 Å². The standard InChI is InChI=1S/C13H14FNO2/c1-2-3-4-6-10(13(16)17)9-7-5-8-11(14)12(9)15/h5,7-8,10H,4,6,15H2,1H3,(H,16,17). The monoisotopic (exact) mass is 235 g/mol. The van der Waals surface area contributed by atoms with Gasteiger partial charge >= 0.3 is 5.97 Å². The van der Waals surface area contributed by atoms with Gasteiger partial charge in [0.15, 0.2) is 0 Å². The average Bonchev–Trinajstić information content (AvgIpc) is 2.29. The lowest BCUT2D eigenvalue weighted by molar-refractivity contribution is -0.138. The maximum Gasteiger partial charge on any atom is 0.311 e. The molecule has 0 spiro atoms. The lowest BCUT2D eigenvalue weighted by Crippen LogP contribution is -2.14. The molecule has 3 nitrogen and oxygen atoms in total. The van der Waals surface area contributed by atoms with E-state index in [4.69, 9.17) is 10.8 Å². The van der Waals surface area contributed by atoms with Crippen LogP contribution in [0.3, 0.4) is 0 Å². The van der Waals surface area contributed by atoms with Crippen molar-refractivity contribution in [2.45, 2.75) is 25.7 Å². The summed E-state index contributed by atoms with van der Waals surface area (Å²) < 4.78 is 13.2. The van der Waals surface area contributed by atoms with E-state index in [-0.39, 0.29) is 5.69 Å². The normalized spacial score (nSPS) is 11.4. The highest BCUT2D eigenvalue weighted by Gasteiger charge is 2.22. The van der Waals surface area contributed by atoms with E-state index < -0.39 is 17.7 Å². The highest BCUT2D eigenvalue weighted by Crippen LogP contribution is 2.28. The van der Waals surface area contributed by atoms with Crippen molar-refractivity contribution < 1.29 is 14.3 Å². The second-order valence-electron chi connectivity index (χ2n) is 3.60. The first-order chi connectivity index (χ1) is 8.07. The van der Waals surface area contributed by atoms with Gasteiger partial charge in [-0.05, 0) is 25.0 Å². The van der Waals surface area contributed by atoms with Crippen molar-refractivity contribution in [2.24, 2.45) is 0 Å². The minimum atomic E-state index is -1.01. The van der Waals surface area contributed by atoms with Gasteiger partial charge in [0.25, 0.3) is 0 Å². The molecule has 4 heteroatoms. The molecule has 0 saturated carbocycles. The Bertz CT molecular complexity index is 474. The fraction of sp³-hybridized carbons (Fsp3) is 0.308. The lowest BCUT2D eigenvalue weighted by Gasteiger charge is -2.14. The zero-order valence-corrected chi connectivity index (χ0v) is 9.53. The maximum absolute atomic E-state index is 13.2. The van der Waals surface area contributed by atoms with Crippen LogP contribution in [0.5, 0.6) is 0 Å². The highest BCUT2D eigenvalue weighted by molar-refractivity contribution is 5.78. The highest BCUT2D eigenvalue weighted by atomic mass is 19.1. The molecule has 0 amide bonds. The van der Waals surface area contributed by atoms with Crippen molar-refractivity contribution in [2.75, 3.05) is 5.73 Å². The molecule has 0 bridgehead atoms. The summed E-state index contributed by atoms with van der Waals surface area (Å²) in [6.07, 6.45) is 0.771. The zero-order valence-electron chi connectivity index (χ0n) is 9.53. The van der Waals surface area contributed by atoms with Crippen LogP contribution in [-0.4, -0.2) is 11.1 Å². The third-order valence-electron chi connectivity index (χ3n) is 2.49. The molecule has 0 aliphatic heterocycles. The largest absolute Gasteiger partial charge is 0.481 e. The summed E-state index contributed by atoms with van der Waals surface area (Å²) in [7, 11) is 0. The van der Waals surface area contributed by atoms with Gasteiger partial charge in [-0.3, -0.25) is 4.79 Å². The van der Waals surface area contributed by atoms with Crippen LogP contribution in [0.4, 0.5) is 10.1 Å². The van der Waals surface area contributed by atoms with Gasteiger partial charge in [0, 0.05) is 6.42 Å². The molecule has 90 valence electrons. The molecule has 1 atom stereocenters. The number of halogens is 1. The number of hydrogen-bond donors (Lipinski definition) is 2. The van der Waals surface area contributed by atoms with Gasteiger partial charge in [-0.1, -0.05) is 12.1 Å². The quantitative estimate of drug-likeness (QED) is 0.622. The predicted molar refractivity (Wildman–Crippen MR) is 63.9 cm³/mol. The Kier molecular flexibility index (Phi) is 4.53. The van der Waals surface area contributed by atoms with Crippen molar-refractivity contribution in [3.63, 3.8) is 0 Å². The average molecular weight is 235 g/mol. The van der Waals surface area contributed by atoms with Crippen molar-refractivity contribution in [3.8, 4) is 11.8 Å². The van der Waals surface area contributed by atoms with E-state index in [0.29, 0.717) is 18.4 Å². The summed E-state index contributed by atoms with van der Waals surface area (Å²) in [5.41, 5.74) is 5.77. The molecule has 0 aliphatic rings. The van der Waals surface area contributed by atoms with Gasteiger partial charge < -0.3 is 10.8 Å². The second-order valence-corrected chi connectivity index (χ2v) is 3.60. The van der Waals surface area contributed by atoms with E-state index in [1.54, 1.807) is 6.92 Å². The number of carboxylic acid groups (broad SMARTS) is 1. The van der Waals surface area contributed by atoms with Gasteiger partial charge in [0.2, 0.25) is 0 Å². The SMILES string of the molecule is CC#CCCC(C(=O)O)c1cccc(F)c1N. The summed E-state index contributed by atoms with van der Waals surface area (Å²) in [5, 5.41) is 9.12.